The van der Waals surface area contributed by atoms with Gasteiger partial charge in [-0.25, -0.2) is 0 Å². The standard InChI is InChI=1S/C14H23NSi/c1-4-12-9-15-10-13-7-5-6-8-14(13)16(2,3)11-12/h5-8,12,15H,4,9-11H2,1-3H3. The fraction of sp³-hybridized carbons (Fsp3) is 0.571. The maximum Gasteiger partial charge on any atom is 0.0813 e. The van der Waals surface area contributed by atoms with Gasteiger partial charge in [0.05, 0.1) is 8.07 Å². The molecule has 0 fully saturated rings. The third kappa shape index (κ3) is 2.38. The summed E-state index contributed by atoms with van der Waals surface area (Å²) in [6, 6.07) is 10.5. The summed E-state index contributed by atoms with van der Waals surface area (Å²) in [4.78, 5) is 0. The highest BCUT2D eigenvalue weighted by molar-refractivity contribution is 6.90. The minimum atomic E-state index is -1.22. The summed E-state index contributed by atoms with van der Waals surface area (Å²) in [6.07, 6.45) is 1.31. The van der Waals surface area contributed by atoms with Crippen molar-refractivity contribution in [1.82, 2.24) is 5.32 Å². The van der Waals surface area contributed by atoms with Crippen LogP contribution in [0.3, 0.4) is 0 Å². The van der Waals surface area contributed by atoms with E-state index in [4.69, 9.17) is 0 Å². The zero-order valence-corrected chi connectivity index (χ0v) is 11.7. The zero-order valence-electron chi connectivity index (χ0n) is 10.7. The molecule has 1 N–H and O–H groups in total. The maximum atomic E-state index is 3.60. The first-order valence-corrected chi connectivity index (χ1v) is 9.63. The van der Waals surface area contributed by atoms with Crippen LogP contribution < -0.4 is 10.5 Å². The molecule has 1 aromatic rings. The third-order valence-corrected chi connectivity index (χ3v) is 7.42. The highest BCUT2D eigenvalue weighted by atomic mass is 28.3. The number of benzene rings is 1. The second kappa shape index (κ2) is 4.72. The molecular weight excluding hydrogens is 210 g/mol. The normalized spacial score (nSPS) is 24.3. The molecule has 16 heavy (non-hydrogen) atoms. The van der Waals surface area contributed by atoms with Crippen molar-refractivity contribution < 1.29 is 0 Å². The van der Waals surface area contributed by atoms with Crippen LogP contribution in [0.1, 0.15) is 18.9 Å². The van der Waals surface area contributed by atoms with Crippen LogP contribution in [-0.2, 0) is 6.54 Å². The van der Waals surface area contributed by atoms with Crippen molar-refractivity contribution in [3.05, 3.63) is 29.8 Å². The molecule has 1 unspecified atom stereocenters. The predicted octanol–water partition coefficient (Wildman–Crippen LogP) is 2.73. The monoisotopic (exact) mass is 233 g/mol. The summed E-state index contributed by atoms with van der Waals surface area (Å²) < 4.78 is 0. The Morgan fingerprint density at radius 2 is 2.06 bits per heavy atom. The summed E-state index contributed by atoms with van der Waals surface area (Å²) in [7, 11) is -1.22. The lowest BCUT2D eigenvalue weighted by molar-refractivity contribution is 0.492. The van der Waals surface area contributed by atoms with Crippen LogP contribution in [0.15, 0.2) is 24.3 Å². The van der Waals surface area contributed by atoms with E-state index in [0.717, 1.165) is 12.5 Å². The van der Waals surface area contributed by atoms with E-state index in [2.05, 4.69) is 49.6 Å². The summed E-state index contributed by atoms with van der Waals surface area (Å²) >= 11 is 0. The fourth-order valence-corrected chi connectivity index (χ4v) is 6.62. The Hall–Kier alpha value is -0.603. The van der Waals surface area contributed by atoms with Crippen LogP contribution in [0.5, 0.6) is 0 Å². The van der Waals surface area contributed by atoms with Crippen LogP contribution in [0, 0.1) is 5.92 Å². The van der Waals surface area contributed by atoms with E-state index in [0.29, 0.717) is 0 Å². The molecule has 2 heteroatoms. The van der Waals surface area contributed by atoms with Crippen molar-refractivity contribution in [3.8, 4) is 0 Å². The Bertz CT molecular complexity index is 360. The van der Waals surface area contributed by atoms with E-state index in [1.165, 1.54) is 24.6 Å². The largest absolute Gasteiger partial charge is 0.312 e. The Morgan fingerprint density at radius 3 is 2.81 bits per heavy atom. The number of hydrogen-bond donors (Lipinski definition) is 1. The van der Waals surface area contributed by atoms with Crippen molar-refractivity contribution in [3.63, 3.8) is 0 Å². The van der Waals surface area contributed by atoms with Gasteiger partial charge >= 0.3 is 0 Å². The fourth-order valence-electron chi connectivity index (χ4n) is 2.94. The molecule has 1 aliphatic heterocycles. The molecule has 0 aromatic heterocycles. The zero-order chi connectivity index (χ0) is 11.6. The van der Waals surface area contributed by atoms with E-state index in [9.17, 15) is 0 Å². The molecule has 0 spiro atoms. The number of rotatable bonds is 1. The van der Waals surface area contributed by atoms with Crippen LogP contribution in [0.25, 0.3) is 0 Å². The van der Waals surface area contributed by atoms with Crippen molar-refractivity contribution >= 4 is 13.3 Å². The average Bonchev–Trinajstić information content (AvgIpc) is 2.26. The van der Waals surface area contributed by atoms with E-state index in [1.54, 1.807) is 5.19 Å². The minimum absolute atomic E-state index is 0.870. The van der Waals surface area contributed by atoms with Crippen LogP contribution in [0.2, 0.25) is 19.1 Å². The van der Waals surface area contributed by atoms with E-state index >= 15 is 0 Å². The van der Waals surface area contributed by atoms with Gasteiger partial charge in [0, 0.05) is 6.54 Å². The van der Waals surface area contributed by atoms with E-state index in [1.807, 2.05) is 0 Å². The van der Waals surface area contributed by atoms with Gasteiger partial charge < -0.3 is 5.32 Å². The lowest BCUT2D eigenvalue weighted by Crippen LogP contribution is -2.48. The van der Waals surface area contributed by atoms with Gasteiger partial charge in [-0.05, 0) is 24.1 Å². The minimum Gasteiger partial charge on any atom is -0.312 e. The molecule has 0 amide bonds. The molecule has 0 radical (unpaired) electrons. The molecule has 0 bridgehead atoms. The van der Waals surface area contributed by atoms with Gasteiger partial charge in [-0.15, -0.1) is 0 Å². The van der Waals surface area contributed by atoms with Gasteiger partial charge in [0.1, 0.15) is 0 Å². The third-order valence-electron chi connectivity index (χ3n) is 3.87. The number of nitrogens with one attached hydrogen (secondary N) is 1. The topological polar surface area (TPSA) is 12.0 Å². The van der Waals surface area contributed by atoms with Gasteiger partial charge in [0.15, 0.2) is 0 Å². The van der Waals surface area contributed by atoms with Gasteiger partial charge in [-0.2, -0.15) is 0 Å². The number of hydrogen-bond acceptors (Lipinski definition) is 1. The molecule has 1 heterocycles. The molecule has 1 nitrogen and oxygen atoms in total. The van der Waals surface area contributed by atoms with Gasteiger partial charge in [-0.3, -0.25) is 0 Å². The Kier molecular flexibility index (Phi) is 3.50. The first-order chi connectivity index (χ1) is 7.63. The summed E-state index contributed by atoms with van der Waals surface area (Å²) in [5.74, 6) is 0.870. The Morgan fingerprint density at radius 1 is 1.31 bits per heavy atom. The second-order valence-electron chi connectivity index (χ2n) is 5.65. The van der Waals surface area contributed by atoms with Crippen molar-refractivity contribution in [2.45, 2.75) is 39.0 Å². The van der Waals surface area contributed by atoms with Gasteiger partial charge in [-0.1, -0.05) is 55.9 Å². The van der Waals surface area contributed by atoms with E-state index in [-0.39, 0.29) is 0 Å². The second-order valence-corrected chi connectivity index (χ2v) is 10.4. The highest BCUT2D eigenvalue weighted by Crippen LogP contribution is 2.22. The molecule has 88 valence electrons. The Balaban J connectivity index is 2.35. The highest BCUT2D eigenvalue weighted by Gasteiger charge is 2.30. The smallest absolute Gasteiger partial charge is 0.0813 e. The predicted molar refractivity (Wildman–Crippen MR) is 73.9 cm³/mol. The first kappa shape index (κ1) is 11.9. The molecule has 0 aliphatic carbocycles. The molecule has 0 saturated heterocycles. The SMILES string of the molecule is CCC1CNCc2ccccc2[Si](C)(C)C1. The van der Waals surface area contributed by atoms with Gasteiger partial charge in [0.25, 0.3) is 0 Å². The molecule has 0 saturated carbocycles. The first-order valence-electron chi connectivity index (χ1n) is 6.42. The molecule has 1 aliphatic rings. The van der Waals surface area contributed by atoms with Crippen LogP contribution in [0.4, 0.5) is 0 Å². The summed E-state index contributed by atoms with van der Waals surface area (Å²) in [5, 5.41) is 5.27. The molecule has 2 rings (SSSR count). The van der Waals surface area contributed by atoms with Crippen molar-refractivity contribution in [2.24, 2.45) is 5.92 Å². The Labute approximate surface area is 100 Å². The lowest BCUT2D eigenvalue weighted by Gasteiger charge is -2.32. The summed E-state index contributed by atoms with van der Waals surface area (Å²) in [6.45, 7) is 9.63. The molecular formula is C14H23NSi. The van der Waals surface area contributed by atoms with Gasteiger partial charge in [0.2, 0.25) is 0 Å². The molecule has 1 aromatic carbocycles. The maximum absolute atomic E-state index is 3.60. The van der Waals surface area contributed by atoms with Crippen LogP contribution >= 0.6 is 0 Å². The van der Waals surface area contributed by atoms with Crippen molar-refractivity contribution in [1.29, 1.82) is 0 Å². The average molecular weight is 233 g/mol. The van der Waals surface area contributed by atoms with Crippen molar-refractivity contribution in [2.75, 3.05) is 6.54 Å². The summed E-state index contributed by atoms with van der Waals surface area (Å²) in [5.41, 5.74) is 1.54. The quantitative estimate of drug-likeness (QED) is 0.736. The lowest BCUT2D eigenvalue weighted by atomic mass is 10.1. The van der Waals surface area contributed by atoms with E-state index < -0.39 is 8.07 Å². The van der Waals surface area contributed by atoms with Crippen LogP contribution in [-0.4, -0.2) is 14.6 Å². The number of fused-ring (bicyclic) bond motifs is 1. The molecule has 1 atom stereocenters.